The van der Waals surface area contributed by atoms with E-state index < -0.39 is 11.9 Å². The lowest BCUT2D eigenvalue weighted by molar-refractivity contribution is -0.133. The molecule has 2 heterocycles. The number of nitrogens with zero attached hydrogens (tertiary/aromatic N) is 4. The molecule has 8 nitrogen and oxygen atoms in total. The zero-order valence-corrected chi connectivity index (χ0v) is 42.1. The minimum atomic E-state index is -1.24. The zero-order valence-electron chi connectivity index (χ0n) is 40.5. The van der Waals surface area contributed by atoms with E-state index in [-0.39, 0.29) is 22.5 Å². The van der Waals surface area contributed by atoms with E-state index in [4.69, 9.17) is 0 Å². The van der Waals surface area contributed by atoms with Crippen molar-refractivity contribution in [1.82, 2.24) is 0 Å². The van der Waals surface area contributed by atoms with E-state index in [1.807, 2.05) is 24.3 Å². The van der Waals surface area contributed by atoms with Gasteiger partial charge in [-0.2, -0.15) is 10.5 Å². The molecule has 0 bridgehead atoms. The van der Waals surface area contributed by atoms with Gasteiger partial charge in [0.25, 0.3) is 0 Å². The van der Waals surface area contributed by atoms with Gasteiger partial charge in [0.15, 0.2) is 0 Å². The molecule has 0 radical (unpaired) electrons. The Bertz CT molecular complexity index is 3300. The van der Waals surface area contributed by atoms with Gasteiger partial charge in [-0.25, -0.2) is 9.59 Å². The number of carboxylic acids is 2. The molecule has 9 rings (SSSR count). The fraction of sp³-hybridized carbons (Fsp3) is 0.194. The van der Waals surface area contributed by atoms with Gasteiger partial charge in [0.2, 0.25) is 0 Å². The Labute approximate surface area is 429 Å². The number of benzene rings is 5. The van der Waals surface area contributed by atoms with Gasteiger partial charge in [-0.1, -0.05) is 122 Å². The van der Waals surface area contributed by atoms with Crippen molar-refractivity contribution >= 4 is 69.5 Å². The summed E-state index contributed by atoms with van der Waals surface area (Å²) in [7, 11) is 0. The molecule has 72 heavy (non-hydrogen) atoms. The van der Waals surface area contributed by atoms with Gasteiger partial charge in [0.05, 0.1) is 0 Å². The molecule has 1 fully saturated rings. The van der Waals surface area contributed by atoms with E-state index in [1.54, 1.807) is 12.1 Å². The fourth-order valence-electron chi connectivity index (χ4n) is 10.3. The Morgan fingerprint density at radius 1 is 0.625 bits per heavy atom. The molecule has 0 spiro atoms. The van der Waals surface area contributed by atoms with Crippen LogP contribution in [-0.2, 0) is 21.5 Å². The number of rotatable bonds is 15. The molecule has 5 aromatic carbocycles. The minimum Gasteiger partial charge on any atom is -0.477 e. The quantitative estimate of drug-likeness (QED) is 0.0768. The van der Waals surface area contributed by atoms with E-state index in [9.17, 15) is 30.3 Å². The normalized spacial score (nSPS) is 16.5. The average Bonchev–Trinajstić information content (AvgIpc) is 4.08. The van der Waals surface area contributed by atoms with Crippen molar-refractivity contribution in [3.63, 3.8) is 0 Å². The Kier molecular flexibility index (Phi) is 14.7. The summed E-state index contributed by atoms with van der Waals surface area (Å²) in [5.74, 6) is -1.92. The smallest absolute Gasteiger partial charge is 0.346 e. The van der Waals surface area contributed by atoms with Crippen molar-refractivity contribution in [2.45, 2.75) is 64.8 Å². The second kappa shape index (κ2) is 21.5. The van der Waals surface area contributed by atoms with Gasteiger partial charge in [-0.3, -0.25) is 0 Å². The lowest BCUT2D eigenvalue weighted by atomic mass is 9.58. The van der Waals surface area contributed by atoms with Crippen LogP contribution in [0.25, 0.3) is 33.0 Å². The highest BCUT2D eigenvalue weighted by molar-refractivity contribution is 7.16. The Morgan fingerprint density at radius 3 is 1.56 bits per heavy atom. The van der Waals surface area contributed by atoms with Gasteiger partial charge < -0.3 is 20.0 Å². The van der Waals surface area contributed by atoms with Crippen LogP contribution in [0.1, 0.15) is 71.0 Å². The van der Waals surface area contributed by atoms with Gasteiger partial charge in [0, 0.05) is 59.9 Å². The number of hydrogen-bond acceptors (Lipinski definition) is 8. The van der Waals surface area contributed by atoms with Crippen molar-refractivity contribution in [2.24, 2.45) is 11.8 Å². The lowest BCUT2D eigenvalue weighted by Crippen LogP contribution is -2.40. The molecule has 2 aromatic heterocycles. The third kappa shape index (κ3) is 10.7. The van der Waals surface area contributed by atoms with Crippen LogP contribution in [0.2, 0.25) is 0 Å². The number of thiophene rings is 2. The highest BCUT2D eigenvalue weighted by Gasteiger charge is 2.43. The summed E-state index contributed by atoms with van der Waals surface area (Å²) in [6.45, 7) is 7.29. The number of anilines is 4. The predicted molar refractivity (Wildman–Crippen MR) is 293 cm³/mol. The van der Waals surface area contributed by atoms with E-state index in [1.165, 1.54) is 76.3 Å². The van der Waals surface area contributed by atoms with E-state index in [0.29, 0.717) is 22.2 Å². The maximum Gasteiger partial charge on any atom is 0.346 e. The van der Waals surface area contributed by atoms with E-state index in [0.717, 1.165) is 62.2 Å². The third-order valence-corrected chi connectivity index (χ3v) is 16.2. The van der Waals surface area contributed by atoms with Crippen molar-refractivity contribution in [2.75, 3.05) is 9.80 Å². The van der Waals surface area contributed by atoms with Crippen LogP contribution in [0, 0.1) is 48.3 Å². The van der Waals surface area contributed by atoms with Crippen LogP contribution >= 0.6 is 22.7 Å². The molecule has 7 aromatic rings. The molecule has 2 atom stereocenters. The van der Waals surface area contributed by atoms with Crippen molar-refractivity contribution in [1.29, 1.82) is 10.5 Å². The molecule has 2 aliphatic rings. The summed E-state index contributed by atoms with van der Waals surface area (Å²) in [5.41, 5.74) is 11.8. The van der Waals surface area contributed by atoms with Crippen LogP contribution in [0.5, 0.6) is 0 Å². The van der Waals surface area contributed by atoms with Crippen molar-refractivity contribution in [3.05, 3.63) is 213 Å². The maximum atomic E-state index is 11.5. The first kappa shape index (κ1) is 49.0. The fourth-order valence-corrected chi connectivity index (χ4v) is 12.2. The highest BCUT2D eigenvalue weighted by atomic mass is 32.1. The molecule has 2 N–H and O–H groups in total. The number of carboxylic acid groups (broad SMARTS) is 2. The Balaban J connectivity index is 0.995. The summed E-state index contributed by atoms with van der Waals surface area (Å²) >= 11 is 2.91. The molecular weight excluding hydrogens is 929 g/mol. The molecule has 2 unspecified atom stereocenters. The molecule has 10 heteroatoms. The summed E-state index contributed by atoms with van der Waals surface area (Å²) in [5, 5.41) is 37.3. The first-order valence-corrected chi connectivity index (χ1v) is 25.9. The number of aryl methyl sites for hydroxylation is 2. The Hall–Kier alpha value is -8.02. The number of hydrogen-bond donors (Lipinski definition) is 2. The highest BCUT2D eigenvalue weighted by Crippen LogP contribution is 2.51. The van der Waals surface area contributed by atoms with E-state index in [2.05, 4.69) is 170 Å². The molecule has 2 aliphatic carbocycles. The van der Waals surface area contributed by atoms with Gasteiger partial charge >= 0.3 is 11.9 Å². The van der Waals surface area contributed by atoms with Crippen LogP contribution in [0.4, 0.5) is 22.7 Å². The first-order valence-electron chi connectivity index (χ1n) is 24.2. The van der Waals surface area contributed by atoms with Gasteiger partial charge in [-0.15, -0.1) is 22.7 Å². The van der Waals surface area contributed by atoms with Crippen LogP contribution in [-0.4, -0.2) is 22.2 Å². The molecule has 358 valence electrons. The summed E-state index contributed by atoms with van der Waals surface area (Å²) in [4.78, 5) is 31.0. The summed E-state index contributed by atoms with van der Waals surface area (Å²) < 4.78 is 0. The standard InChI is InChI=1S/C62H54N4O4S2/c1-41-7-11-44(12-8-41)40-65(50-21-13-45(14-22-50)58-31-28-55(71-58)36-47(38-63)60(67)68)54-27-30-57(43(3)35-54)62(33-5-4-6-34-62)49-17-25-53(26-18-49)66(51-19-9-42(2)10-20-51)52-23-15-46(16-24-52)59-32-29-56(72-59)37-48(39-64)61(69)70/h7-32,35-37,43,57H,4-6,33-34,40H2,1-3H3,(H,67,68)(H,69,70)/b47-36-,48-37-. The lowest BCUT2D eigenvalue weighted by Gasteiger charge is -2.47. The SMILES string of the molecule is Cc1ccc(CN(C2=CC(C)C(C3(c4ccc(N(c5ccc(C)cc5)c5ccc(-c6ccc(/C=C(/C#N)C(=O)O)s6)cc5)cc4)CCCCC3)C=C2)c2ccc(-c3ccc(/C=C(/C#N)C(=O)O)s3)cc2)cc1. The predicted octanol–water partition coefficient (Wildman–Crippen LogP) is 15.8. The van der Waals surface area contributed by atoms with Crippen molar-refractivity contribution < 1.29 is 19.8 Å². The molecule has 0 aliphatic heterocycles. The minimum absolute atomic E-state index is 0.0328. The number of carbonyl (C=O) groups is 2. The number of nitriles is 2. The second-order valence-electron chi connectivity index (χ2n) is 18.8. The zero-order chi connectivity index (χ0) is 50.4. The van der Waals surface area contributed by atoms with Crippen LogP contribution < -0.4 is 9.80 Å². The second-order valence-corrected chi connectivity index (χ2v) is 21.0. The van der Waals surface area contributed by atoms with Crippen LogP contribution in [0.3, 0.4) is 0 Å². The molecular formula is C62H54N4O4S2. The largest absolute Gasteiger partial charge is 0.477 e. The van der Waals surface area contributed by atoms with Crippen LogP contribution in [0.15, 0.2) is 181 Å². The number of aliphatic carboxylic acids is 2. The Morgan fingerprint density at radius 2 is 1.08 bits per heavy atom. The maximum absolute atomic E-state index is 11.5. The van der Waals surface area contributed by atoms with E-state index >= 15 is 0 Å². The topological polar surface area (TPSA) is 129 Å². The van der Waals surface area contributed by atoms with Gasteiger partial charge in [0.1, 0.15) is 23.3 Å². The average molecular weight is 983 g/mol. The first-order chi connectivity index (χ1) is 34.9. The summed E-state index contributed by atoms with van der Waals surface area (Å²) in [6.07, 6.45) is 16.0. The molecule has 1 saturated carbocycles. The monoisotopic (exact) mass is 982 g/mol. The number of allylic oxidation sites excluding steroid dienone is 3. The molecule has 0 saturated heterocycles. The van der Waals surface area contributed by atoms with Crippen molar-refractivity contribution in [3.8, 4) is 33.0 Å². The third-order valence-electron chi connectivity index (χ3n) is 14.0. The summed E-state index contributed by atoms with van der Waals surface area (Å²) in [6, 6.07) is 54.9. The van der Waals surface area contributed by atoms with Gasteiger partial charge in [-0.05, 0) is 152 Å². The molecule has 0 amide bonds.